The fourth-order valence-electron chi connectivity index (χ4n) is 2.14. The zero-order chi connectivity index (χ0) is 17.1. The standard InChI is InChI=1S/C17H12N2O4S/c1-10-8-14(21)15(17(22)23-10)13(20)6-5-11-9-24-16(19-11)12-4-2-3-7-18-12/h2-9,15H,1H3. The van der Waals surface area contributed by atoms with Gasteiger partial charge in [-0.1, -0.05) is 6.07 Å². The van der Waals surface area contributed by atoms with Crippen LogP contribution >= 0.6 is 11.3 Å². The molecular weight excluding hydrogens is 328 g/mol. The van der Waals surface area contributed by atoms with Crippen LogP contribution in [-0.2, 0) is 19.1 Å². The highest BCUT2D eigenvalue weighted by atomic mass is 32.1. The van der Waals surface area contributed by atoms with Crippen molar-refractivity contribution in [3.8, 4) is 10.7 Å². The zero-order valence-corrected chi connectivity index (χ0v) is 13.4. The van der Waals surface area contributed by atoms with Gasteiger partial charge in [-0.2, -0.15) is 0 Å². The van der Waals surface area contributed by atoms with Crippen LogP contribution in [0.25, 0.3) is 16.8 Å². The molecule has 0 fully saturated rings. The summed E-state index contributed by atoms with van der Waals surface area (Å²) in [6, 6.07) is 5.51. The second kappa shape index (κ2) is 6.67. The first kappa shape index (κ1) is 15.9. The van der Waals surface area contributed by atoms with E-state index in [1.807, 2.05) is 18.2 Å². The molecule has 2 aromatic rings. The normalized spacial score (nSPS) is 17.7. The molecule has 0 aliphatic carbocycles. The third kappa shape index (κ3) is 3.36. The molecule has 0 saturated carbocycles. The summed E-state index contributed by atoms with van der Waals surface area (Å²) in [6.45, 7) is 1.49. The van der Waals surface area contributed by atoms with Gasteiger partial charge in [0.25, 0.3) is 0 Å². The molecule has 1 unspecified atom stereocenters. The lowest BCUT2D eigenvalue weighted by molar-refractivity contribution is -0.151. The van der Waals surface area contributed by atoms with Gasteiger partial charge in [-0.05, 0) is 31.2 Å². The monoisotopic (exact) mass is 340 g/mol. The predicted molar refractivity (Wildman–Crippen MR) is 87.7 cm³/mol. The number of ketones is 2. The van der Waals surface area contributed by atoms with E-state index < -0.39 is 23.5 Å². The quantitative estimate of drug-likeness (QED) is 0.483. The average molecular weight is 340 g/mol. The highest BCUT2D eigenvalue weighted by Crippen LogP contribution is 2.22. The summed E-state index contributed by atoms with van der Waals surface area (Å²) in [5, 5.41) is 2.48. The van der Waals surface area contributed by atoms with Crippen molar-refractivity contribution in [3.05, 3.63) is 53.4 Å². The predicted octanol–water partition coefficient (Wildman–Crippen LogP) is 2.43. The number of carbonyl (C=O) groups is 3. The van der Waals surface area contributed by atoms with Crippen LogP contribution < -0.4 is 0 Å². The van der Waals surface area contributed by atoms with Crippen LogP contribution in [0.15, 0.2) is 47.7 Å². The molecule has 1 atom stereocenters. The highest BCUT2D eigenvalue weighted by molar-refractivity contribution is 7.13. The van der Waals surface area contributed by atoms with Crippen molar-refractivity contribution >= 4 is 34.9 Å². The van der Waals surface area contributed by atoms with Gasteiger partial charge in [0.1, 0.15) is 10.8 Å². The van der Waals surface area contributed by atoms with Gasteiger partial charge in [0.05, 0.1) is 11.4 Å². The van der Waals surface area contributed by atoms with Crippen molar-refractivity contribution in [1.82, 2.24) is 9.97 Å². The molecule has 0 aromatic carbocycles. The highest BCUT2D eigenvalue weighted by Gasteiger charge is 2.36. The Balaban J connectivity index is 1.75. The molecule has 120 valence electrons. The van der Waals surface area contributed by atoms with E-state index in [9.17, 15) is 14.4 Å². The Bertz CT molecular complexity index is 868. The van der Waals surface area contributed by atoms with E-state index in [1.165, 1.54) is 30.4 Å². The number of aromatic nitrogens is 2. The van der Waals surface area contributed by atoms with Gasteiger partial charge in [0, 0.05) is 17.7 Å². The van der Waals surface area contributed by atoms with Crippen LogP contribution in [0, 0.1) is 5.92 Å². The van der Waals surface area contributed by atoms with Crippen molar-refractivity contribution in [2.75, 3.05) is 0 Å². The number of thiazole rings is 1. The van der Waals surface area contributed by atoms with E-state index in [1.54, 1.807) is 11.6 Å². The summed E-state index contributed by atoms with van der Waals surface area (Å²) < 4.78 is 4.83. The number of rotatable bonds is 4. The lowest BCUT2D eigenvalue weighted by atomic mass is 9.96. The van der Waals surface area contributed by atoms with Gasteiger partial charge >= 0.3 is 5.97 Å². The summed E-state index contributed by atoms with van der Waals surface area (Å²) in [7, 11) is 0. The molecule has 1 aliphatic rings. The molecular formula is C17H12N2O4S. The number of nitrogens with zero attached hydrogens (tertiary/aromatic N) is 2. The maximum Gasteiger partial charge on any atom is 0.329 e. The first-order valence-corrected chi connectivity index (χ1v) is 7.95. The number of carbonyl (C=O) groups excluding carboxylic acids is 3. The minimum absolute atomic E-state index is 0.192. The van der Waals surface area contributed by atoms with E-state index in [0.29, 0.717) is 5.69 Å². The molecule has 7 heteroatoms. The minimum Gasteiger partial charge on any atom is -0.430 e. The molecule has 6 nitrogen and oxygen atoms in total. The van der Waals surface area contributed by atoms with E-state index >= 15 is 0 Å². The number of allylic oxidation sites excluding steroid dienone is 3. The zero-order valence-electron chi connectivity index (χ0n) is 12.6. The van der Waals surface area contributed by atoms with Gasteiger partial charge < -0.3 is 4.74 Å². The van der Waals surface area contributed by atoms with Gasteiger partial charge in [0.2, 0.25) is 0 Å². The summed E-state index contributed by atoms with van der Waals surface area (Å²) in [6.07, 6.45) is 5.47. The van der Waals surface area contributed by atoms with Crippen LogP contribution in [0.4, 0.5) is 0 Å². The molecule has 3 heterocycles. The Morgan fingerprint density at radius 1 is 1.33 bits per heavy atom. The molecule has 0 radical (unpaired) electrons. The number of hydrogen-bond acceptors (Lipinski definition) is 7. The number of esters is 1. The first-order chi connectivity index (χ1) is 11.5. The number of cyclic esters (lactones) is 1. The third-order valence-electron chi connectivity index (χ3n) is 3.24. The fourth-order valence-corrected chi connectivity index (χ4v) is 2.90. The van der Waals surface area contributed by atoms with E-state index in [4.69, 9.17) is 4.74 Å². The largest absolute Gasteiger partial charge is 0.430 e. The lowest BCUT2D eigenvalue weighted by Gasteiger charge is -2.15. The van der Waals surface area contributed by atoms with Crippen molar-refractivity contribution in [2.45, 2.75) is 6.92 Å². The Labute approximate surface area is 141 Å². The second-order valence-electron chi connectivity index (χ2n) is 5.04. The average Bonchev–Trinajstić information content (AvgIpc) is 3.02. The number of ether oxygens (including phenoxy) is 1. The molecule has 24 heavy (non-hydrogen) atoms. The van der Waals surface area contributed by atoms with Crippen LogP contribution in [0.1, 0.15) is 12.6 Å². The second-order valence-corrected chi connectivity index (χ2v) is 5.90. The van der Waals surface area contributed by atoms with Gasteiger partial charge in [-0.15, -0.1) is 11.3 Å². The number of pyridine rings is 1. The first-order valence-electron chi connectivity index (χ1n) is 7.07. The van der Waals surface area contributed by atoms with Gasteiger partial charge in [-0.25, -0.2) is 4.98 Å². The molecule has 0 saturated heterocycles. The Kier molecular flexibility index (Phi) is 4.43. The molecule has 0 spiro atoms. The van der Waals surface area contributed by atoms with Crippen molar-refractivity contribution in [2.24, 2.45) is 5.92 Å². The van der Waals surface area contributed by atoms with Gasteiger partial charge in [0.15, 0.2) is 17.5 Å². The Morgan fingerprint density at radius 2 is 2.17 bits per heavy atom. The third-order valence-corrected chi connectivity index (χ3v) is 4.12. The summed E-state index contributed by atoms with van der Waals surface area (Å²) >= 11 is 1.39. The Morgan fingerprint density at radius 3 is 2.88 bits per heavy atom. The molecule has 3 rings (SSSR count). The van der Waals surface area contributed by atoms with Crippen molar-refractivity contribution < 1.29 is 19.1 Å². The van der Waals surface area contributed by atoms with Crippen LogP contribution in [0.3, 0.4) is 0 Å². The molecule has 1 aliphatic heterocycles. The fraction of sp³-hybridized carbons (Fsp3) is 0.118. The van der Waals surface area contributed by atoms with Crippen LogP contribution in [-0.4, -0.2) is 27.5 Å². The summed E-state index contributed by atoms with van der Waals surface area (Å²) in [5.41, 5.74) is 1.29. The maximum absolute atomic E-state index is 12.1. The molecule has 0 N–H and O–H groups in total. The summed E-state index contributed by atoms with van der Waals surface area (Å²) in [5.74, 6) is -3.27. The smallest absolute Gasteiger partial charge is 0.329 e. The van der Waals surface area contributed by atoms with Crippen LogP contribution in [0.5, 0.6) is 0 Å². The molecule has 0 bridgehead atoms. The van der Waals surface area contributed by atoms with Crippen molar-refractivity contribution in [1.29, 1.82) is 0 Å². The lowest BCUT2D eigenvalue weighted by Crippen LogP contribution is -2.34. The SMILES string of the molecule is CC1=CC(=O)C(C(=O)C=Cc2csc(-c3ccccn3)n2)C(=O)O1. The van der Waals surface area contributed by atoms with E-state index in [-0.39, 0.29) is 5.76 Å². The Hall–Kier alpha value is -2.93. The number of hydrogen-bond donors (Lipinski definition) is 0. The topological polar surface area (TPSA) is 86.2 Å². The van der Waals surface area contributed by atoms with Crippen LogP contribution in [0.2, 0.25) is 0 Å². The maximum atomic E-state index is 12.1. The van der Waals surface area contributed by atoms with E-state index in [0.717, 1.165) is 16.8 Å². The summed E-state index contributed by atoms with van der Waals surface area (Å²) in [4.78, 5) is 44.2. The molecule has 2 aromatic heterocycles. The van der Waals surface area contributed by atoms with E-state index in [2.05, 4.69) is 9.97 Å². The van der Waals surface area contributed by atoms with Gasteiger partial charge in [-0.3, -0.25) is 19.4 Å². The molecule has 0 amide bonds. The van der Waals surface area contributed by atoms with Crippen molar-refractivity contribution in [3.63, 3.8) is 0 Å². The minimum atomic E-state index is -1.43.